The Hall–Kier alpha value is -4.21. The molecule has 0 saturated carbocycles. The van der Waals surface area contributed by atoms with Gasteiger partial charge in [-0.1, -0.05) is 18.2 Å². The Morgan fingerprint density at radius 2 is 1.85 bits per heavy atom. The van der Waals surface area contributed by atoms with Gasteiger partial charge in [0.15, 0.2) is 5.78 Å². The predicted molar refractivity (Wildman–Crippen MR) is 127 cm³/mol. The number of hydrogen-bond donors (Lipinski definition) is 4. The molecule has 0 aliphatic carbocycles. The first-order chi connectivity index (χ1) is 16.1. The van der Waals surface area contributed by atoms with Crippen LogP contribution in [-0.2, 0) is 9.59 Å². The van der Waals surface area contributed by atoms with E-state index in [2.05, 4.69) is 15.6 Å². The molecular weight excluding hydrogens is 440 g/mol. The number of carbonyl (C=O) groups is 4. The summed E-state index contributed by atoms with van der Waals surface area (Å²) in [7, 11) is 0. The van der Waals surface area contributed by atoms with Crippen molar-refractivity contribution < 1.29 is 29.0 Å². The third kappa shape index (κ3) is 7.73. The molecule has 10 heteroatoms. The van der Waals surface area contributed by atoms with Gasteiger partial charge < -0.3 is 26.2 Å². The number of aryl methyl sites for hydroxylation is 1. The molecule has 180 valence electrons. The van der Waals surface area contributed by atoms with Crippen LogP contribution in [0.25, 0.3) is 0 Å². The van der Waals surface area contributed by atoms with Crippen LogP contribution in [0.1, 0.15) is 46.5 Å². The lowest BCUT2D eigenvalue weighted by Crippen LogP contribution is -2.46. The zero-order chi connectivity index (χ0) is 25.3. The molecule has 0 bridgehead atoms. The third-order valence-corrected chi connectivity index (χ3v) is 4.63. The van der Waals surface area contributed by atoms with E-state index in [0.717, 1.165) is 5.56 Å². The van der Waals surface area contributed by atoms with Crippen LogP contribution in [0, 0.1) is 6.92 Å². The van der Waals surface area contributed by atoms with Crippen LogP contribution in [0.4, 0.5) is 5.69 Å². The Morgan fingerprint density at radius 3 is 2.50 bits per heavy atom. The SMILES string of the molecule is CCOc1cc(C(=O)C(CC(=O)O)NC(=O)CNC(=O)c2cccc(N=C(C)N)c2)ccc1C. The molecule has 2 amide bonds. The lowest BCUT2D eigenvalue weighted by Gasteiger charge is -2.17. The van der Waals surface area contributed by atoms with Crippen LogP contribution in [0.15, 0.2) is 47.5 Å². The molecule has 0 saturated heterocycles. The molecule has 0 aliphatic rings. The monoisotopic (exact) mass is 468 g/mol. The molecule has 2 aromatic rings. The summed E-state index contributed by atoms with van der Waals surface area (Å²) in [6.45, 7) is 5.18. The van der Waals surface area contributed by atoms with E-state index in [9.17, 15) is 24.3 Å². The number of nitrogens with two attached hydrogens (primary N) is 1. The van der Waals surface area contributed by atoms with Crippen LogP contribution >= 0.6 is 0 Å². The number of amides is 2. The highest BCUT2D eigenvalue weighted by atomic mass is 16.5. The van der Waals surface area contributed by atoms with E-state index >= 15 is 0 Å². The minimum Gasteiger partial charge on any atom is -0.494 e. The molecule has 0 aliphatic heterocycles. The van der Waals surface area contributed by atoms with E-state index < -0.39 is 42.6 Å². The predicted octanol–water partition coefficient (Wildman–Crippen LogP) is 1.97. The molecular formula is C24H28N4O6. The third-order valence-electron chi connectivity index (χ3n) is 4.63. The number of nitrogens with one attached hydrogen (secondary N) is 2. The Kier molecular flexibility index (Phi) is 9.30. The number of ketones is 1. The molecule has 1 unspecified atom stereocenters. The zero-order valence-corrected chi connectivity index (χ0v) is 19.3. The van der Waals surface area contributed by atoms with Crippen molar-refractivity contribution in [2.24, 2.45) is 10.7 Å². The average Bonchev–Trinajstić information content (AvgIpc) is 2.77. The number of aliphatic carboxylic acids is 1. The van der Waals surface area contributed by atoms with Gasteiger partial charge >= 0.3 is 5.97 Å². The summed E-state index contributed by atoms with van der Waals surface area (Å²) in [5.74, 6) is -2.26. The second-order valence-corrected chi connectivity index (χ2v) is 7.48. The van der Waals surface area contributed by atoms with Crippen molar-refractivity contribution >= 4 is 35.1 Å². The van der Waals surface area contributed by atoms with Crippen LogP contribution < -0.4 is 21.1 Å². The molecule has 0 fully saturated rings. The van der Waals surface area contributed by atoms with Crippen molar-refractivity contribution in [1.82, 2.24) is 10.6 Å². The molecule has 34 heavy (non-hydrogen) atoms. The zero-order valence-electron chi connectivity index (χ0n) is 19.3. The van der Waals surface area contributed by atoms with Crippen LogP contribution in [0.5, 0.6) is 5.75 Å². The summed E-state index contributed by atoms with van der Waals surface area (Å²) in [5.41, 5.74) is 7.31. The van der Waals surface area contributed by atoms with Gasteiger partial charge in [0.1, 0.15) is 11.8 Å². The van der Waals surface area contributed by atoms with Gasteiger partial charge in [-0.15, -0.1) is 0 Å². The van der Waals surface area contributed by atoms with Crippen molar-refractivity contribution in [2.45, 2.75) is 33.2 Å². The molecule has 2 aromatic carbocycles. The van der Waals surface area contributed by atoms with E-state index in [1.54, 1.807) is 44.2 Å². The summed E-state index contributed by atoms with van der Waals surface area (Å²) in [4.78, 5) is 53.1. The molecule has 2 rings (SSSR count). The van der Waals surface area contributed by atoms with Gasteiger partial charge in [0.25, 0.3) is 5.91 Å². The van der Waals surface area contributed by atoms with Crippen LogP contribution in [0.3, 0.4) is 0 Å². The number of rotatable bonds is 11. The van der Waals surface area contributed by atoms with Crippen molar-refractivity contribution in [1.29, 1.82) is 0 Å². The van der Waals surface area contributed by atoms with Gasteiger partial charge in [-0.25, -0.2) is 4.99 Å². The molecule has 0 spiro atoms. The lowest BCUT2D eigenvalue weighted by molar-refractivity contribution is -0.137. The quantitative estimate of drug-likeness (QED) is 0.223. The molecule has 0 heterocycles. The van der Waals surface area contributed by atoms with Gasteiger partial charge in [-0.2, -0.15) is 0 Å². The number of carbonyl (C=O) groups excluding carboxylic acids is 3. The summed E-state index contributed by atoms with van der Waals surface area (Å²) in [6.07, 6.45) is -0.616. The van der Waals surface area contributed by atoms with Crippen molar-refractivity contribution in [3.8, 4) is 5.75 Å². The fourth-order valence-corrected chi connectivity index (χ4v) is 3.08. The van der Waals surface area contributed by atoms with Crippen LogP contribution in [0.2, 0.25) is 0 Å². The highest BCUT2D eigenvalue weighted by Gasteiger charge is 2.25. The second-order valence-electron chi connectivity index (χ2n) is 7.48. The van der Waals surface area contributed by atoms with Gasteiger partial charge in [-0.3, -0.25) is 19.2 Å². The van der Waals surface area contributed by atoms with E-state index in [1.165, 1.54) is 12.1 Å². The summed E-state index contributed by atoms with van der Waals surface area (Å²) in [6, 6.07) is 9.77. The number of hydrogen-bond acceptors (Lipinski definition) is 6. The number of carboxylic acids is 1. The number of Topliss-reactive ketones (excluding diaryl/α,β-unsaturated/α-hetero) is 1. The topological polar surface area (TPSA) is 160 Å². The minimum atomic E-state index is -1.32. The highest BCUT2D eigenvalue weighted by Crippen LogP contribution is 2.21. The van der Waals surface area contributed by atoms with Gasteiger partial charge in [0.2, 0.25) is 5.91 Å². The Labute approximate surface area is 197 Å². The number of ether oxygens (including phenoxy) is 1. The first kappa shape index (κ1) is 26.0. The first-order valence-electron chi connectivity index (χ1n) is 10.6. The largest absolute Gasteiger partial charge is 0.494 e. The molecule has 1 atom stereocenters. The Bertz CT molecular complexity index is 1110. The van der Waals surface area contributed by atoms with Gasteiger partial charge in [0, 0.05) is 11.1 Å². The molecule has 0 aromatic heterocycles. The van der Waals surface area contributed by atoms with E-state index in [-0.39, 0.29) is 11.1 Å². The van der Waals surface area contributed by atoms with Crippen LogP contribution in [-0.4, -0.2) is 53.7 Å². The highest BCUT2D eigenvalue weighted by molar-refractivity contribution is 6.04. The summed E-state index contributed by atoms with van der Waals surface area (Å²) in [5, 5.41) is 14.0. The van der Waals surface area contributed by atoms with E-state index in [4.69, 9.17) is 10.5 Å². The fourth-order valence-electron chi connectivity index (χ4n) is 3.08. The van der Waals surface area contributed by atoms with Crippen molar-refractivity contribution in [2.75, 3.05) is 13.2 Å². The maximum absolute atomic E-state index is 12.9. The van der Waals surface area contributed by atoms with Crippen molar-refractivity contribution in [3.05, 3.63) is 59.2 Å². The maximum Gasteiger partial charge on any atom is 0.305 e. The number of carboxylic acid groups (broad SMARTS) is 1. The van der Waals surface area contributed by atoms with E-state index in [1.807, 2.05) is 6.92 Å². The summed E-state index contributed by atoms with van der Waals surface area (Å²) < 4.78 is 5.49. The minimum absolute atomic E-state index is 0.206. The Morgan fingerprint density at radius 1 is 1.12 bits per heavy atom. The van der Waals surface area contributed by atoms with Gasteiger partial charge in [0.05, 0.1) is 31.1 Å². The first-order valence-corrected chi connectivity index (χ1v) is 10.6. The smallest absolute Gasteiger partial charge is 0.305 e. The van der Waals surface area contributed by atoms with Gasteiger partial charge in [-0.05, 0) is 50.6 Å². The van der Waals surface area contributed by atoms with E-state index in [0.29, 0.717) is 23.9 Å². The fraction of sp³-hybridized carbons (Fsp3) is 0.292. The molecule has 0 radical (unpaired) electrons. The second kappa shape index (κ2) is 12.1. The standard InChI is InChI=1S/C24H28N4O6/c1-4-34-20-11-16(9-8-14(20)2)23(32)19(12-22(30)31)28-21(29)13-26-24(33)17-6-5-7-18(10-17)27-15(3)25/h5-11,19H,4,12-13H2,1-3H3,(H2,25,27)(H,26,33)(H,28,29)(H,30,31). The molecule has 5 N–H and O–H groups in total. The number of amidine groups is 1. The normalized spacial score (nSPS) is 11.9. The lowest BCUT2D eigenvalue weighted by atomic mass is 10.00. The Balaban J connectivity index is 2.07. The number of nitrogens with zero attached hydrogens (tertiary/aromatic N) is 1. The summed E-state index contributed by atoms with van der Waals surface area (Å²) >= 11 is 0. The number of benzene rings is 2. The maximum atomic E-state index is 12.9. The molecule has 10 nitrogen and oxygen atoms in total. The van der Waals surface area contributed by atoms with Crippen molar-refractivity contribution in [3.63, 3.8) is 0 Å². The average molecular weight is 469 g/mol. The number of aliphatic imine (C=N–C) groups is 1.